The predicted octanol–water partition coefficient (Wildman–Crippen LogP) is 2.59. The molecule has 0 bridgehead atoms. The largest absolute Gasteiger partial charge is 0.441 e. The molecule has 0 saturated heterocycles. The van der Waals surface area contributed by atoms with Gasteiger partial charge in [0, 0.05) is 24.2 Å². The minimum atomic E-state index is -1.75. The van der Waals surface area contributed by atoms with Crippen molar-refractivity contribution in [1.82, 2.24) is 10.6 Å². The third-order valence-corrected chi connectivity index (χ3v) is 14.5. The fraction of sp³-hybridized carbons (Fsp3) is 0.667. The lowest BCUT2D eigenvalue weighted by Crippen LogP contribution is -2.39. The van der Waals surface area contributed by atoms with Gasteiger partial charge in [-0.15, -0.1) is 0 Å². The van der Waals surface area contributed by atoms with E-state index in [1.54, 1.807) is 13.8 Å². The monoisotopic (exact) mass is 430 g/mol. The lowest BCUT2D eigenvalue weighted by Gasteiger charge is -2.28. The molecule has 0 saturated carbocycles. The SMILES string of the molecule is C=C(C)C(=O)NCCC[Si](C)(C)O[SiH2]O[Si](C)(C)CCCNC(=O)C(=C)C. The predicted molar refractivity (Wildman–Crippen MR) is 120 cm³/mol. The van der Waals surface area contributed by atoms with Crippen LogP contribution in [0.15, 0.2) is 24.3 Å². The molecule has 2 amide bonds. The van der Waals surface area contributed by atoms with E-state index >= 15 is 0 Å². The summed E-state index contributed by atoms with van der Waals surface area (Å²) in [5, 5.41) is 5.72. The molecule has 0 aliphatic rings. The Labute approximate surface area is 169 Å². The fourth-order valence-electron chi connectivity index (χ4n) is 2.23. The highest BCUT2D eigenvalue weighted by molar-refractivity contribution is 6.78. The molecule has 0 aromatic carbocycles. The number of hydrogen-bond donors (Lipinski definition) is 2. The summed E-state index contributed by atoms with van der Waals surface area (Å²) in [5.74, 6) is -0.166. The Bertz CT molecular complexity index is 491. The molecule has 6 nitrogen and oxygen atoms in total. The van der Waals surface area contributed by atoms with E-state index in [-0.39, 0.29) is 11.8 Å². The van der Waals surface area contributed by atoms with E-state index in [1.807, 2.05) is 0 Å². The first-order valence-electron chi connectivity index (χ1n) is 9.52. The van der Waals surface area contributed by atoms with Crippen molar-refractivity contribution in [1.29, 1.82) is 0 Å². The topological polar surface area (TPSA) is 76.7 Å². The van der Waals surface area contributed by atoms with Gasteiger partial charge in [0.2, 0.25) is 11.8 Å². The molecule has 0 aromatic heterocycles. The summed E-state index contributed by atoms with van der Waals surface area (Å²) in [6.45, 7) is 20.8. The average molecular weight is 431 g/mol. The van der Waals surface area contributed by atoms with Crippen molar-refractivity contribution in [3.8, 4) is 0 Å². The Kier molecular flexibility index (Phi) is 12.0. The number of rotatable bonds is 14. The second-order valence-electron chi connectivity index (χ2n) is 8.21. The summed E-state index contributed by atoms with van der Waals surface area (Å²) in [7, 11) is -4.50. The summed E-state index contributed by atoms with van der Waals surface area (Å²) < 4.78 is 12.3. The molecule has 2 N–H and O–H groups in total. The highest BCUT2D eigenvalue weighted by atomic mass is 28.4. The molecular formula is C18H38N2O4Si3. The van der Waals surface area contributed by atoms with Gasteiger partial charge in [-0.1, -0.05) is 13.2 Å². The van der Waals surface area contributed by atoms with E-state index in [9.17, 15) is 9.59 Å². The lowest BCUT2D eigenvalue weighted by molar-refractivity contribution is -0.118. The molecule has 9 heteroatoms. The summed E-state index contributed by atoms with van der Waals surface area (Å²) >= 11 is 0. The van der Waals surface area contributed by atoms with Crippen molar-refractivity contribution >= 4 is 38.5 Å². The van der Waals surface area contributed by atoms with Crippen LogP contribution in [0.1, 0.15) is 26.7 Å². The fourth-order valence-corrected chi connectivity index (χ4v) is 8.76. The molecule has 0 spiro atoms. The van der Waals surface area contributed by atoms with Gasteiger partial charge in [-0.25, -0.2) is 0 Å². The molecule has 0 aliphatic heterocycles. The van der Waals surface area contributed by atoms with Crippen LogP contribution in [0.2, 0.25) is 38.3 Å². The maximum Gasteiger partial charge on any atom is 0.283 e. The highest BCUT2D eigenvalue weighted by Gasteiger charge is 2.26. The van der Waals surface area contributed by atoms with Crippen LogP contribution in [-0.4, -0.2) is 51.5 Å². The van der Waals surface area contributed by atoms with E-state index < -0.39 is 26.6 Å². The molecule has 0 fully saturated rings. The molecule has 0 radical (unpaired) electrons. The van der Waals surface area contributed by atoms with Crippen LogP contribution in [0.3, 0.4) is 0 Å². The lowest BCUT2D eigenvalue weighted by atomic mass is 10.3. The zero-order valence-corrected chi connectivity index (χ0v) is 21.4. The van der Waals surface area contributed by atoms with E-state index in [1.165, 1.54) is 0 Å². The van der Waals surface area contributed by atoms with Crippen molar-refractivity contribution < 1.29 is 17.8 Å². The second-order valence-corrected chi connectivity index (χ2v) is 18.8. The minimum Gasteiger partial charge on any atom is -0.441 e. The number of carbonyl (C=O) groups excluding carboxylic acids is 2. The third-order valence-electron chi connectivity index (χ3n) is 4.16. The van der Waals surface area contributed by atoms with Crippen molar-refractivity contribution in [2.24, 2.45) is 0 Å². The molecule has 0 aromatic rings. The molecule has 0 heterocycles. The molecule has 0 atom stereocenters. The van der Waals surface area contributed by atoms with Gasteiger partial charge in [0.15, 0.2) is 16.6 Å². The van der Waals surface area contributed by atoms with Gasteiger partial charge in [0.1, 0.15) is 0 Å². The van der Waals surface area contributed by atoms with Gasteiger partial charge in [-0.3, -0.25) is 9.59 Å². The van der Waals surface area contributed by atoms with Crippen molar-refractivity contribution in [2.75, 3.05) is 13.1 Å². The van der Waals surface area contributed by atoms with Crippen molar-refractivity contribution in [2.45, 2.75) is 65.0 Å². The number of carbonyl (C=O) groups is 2. The second kappa shape index (κ2) is 12.4. The number of nitrogens with one attached hydrogen (secondary N) is 2. The Morgan fingerprint density at radius 3 is 1.44 bits per heavy atom. The Balaban J connectivity index is 3.98. The van der Waals surface area contributed by atoms with Crippen LogP contribution in [0.25, 0.3) is 0 Å². The Morgan fingerprint density at radius 2 is 1.15 bits per heavy atom. The first-order valence-corrected chi connectivity index (χ1v) is 16.9. The summed E-state index contributed by atoms with van der Waals surface area (Å²) in [6, 6.07) is 1.99. The van der Waals surface area contributed by atoms with E-state index in [2.05, 4.69) is 50.0 Å². The molecule has 0 aliphatic carbocycles. The first kappa shape index (κ1) is 26.0. The van der Waals surface area contributed by atoms with Gasteiger partial charge in [-0.2, -0.15) is 0 Å². The van der Waals surface area contributed by atoms with Crippen LogP contribution in [0, 0.1) is 0 Å². The molecule has 27 heavy (non-hydrogen) atoms. The van der Waals surface area contributed by atoms with Crippen LogP contribution in [0.5, 0.6) is 0 Å². The van der Waals surface area contributed by atoms with Crippen molar-refractivity contribution in [3.05, 3.63) is 24.3 Å². The van der Waals surface area contributed by atoms with Crippen molar-refractivity contribution in [3.63, 3.8) is 0 Å². The highest BCUT2D eigenvalue weighted by Crippen LogP contribution is 2.16. The van der Waals surface area contributed by atoms with Gasteiger partial charge in [-0.05, 0) is 65.0 Å². The maximum atomic E-state index is 11.5. The first-order chi connectivity index (χ1) is 12.4. The zero-order chi connectivity index (χ0) is 21.1. The molecular weight excluding hydrogens is 392 g/mol. The van der Waals surface area contributed by atoms with E-state index in [4.69, 9.17) is 8.23 Å². The minimum absolute atomic E-state index is 0.0831. The van der Waals surface area contributed by atoms with E-state index in [0.717, 1.165) is 24.9 Å². The van der Waals surface area contributed by atoms with Gasteiger partial charge in [0.25, 0.3) is 10.0 Å². The van der Waals surface area contributed by atoms with Gasteiger partial charge in [0.05, 0.1) is 0 Å². The van der Waals surface area contributed by atoms with Crippen LogP contribution in [-0.2, 0) is 17.8 Å². The Morgan fingerprint density at radius 1 is 0.815 bits per heavy atom. The smallest absolute Gasteiger partial charge is 0.283 e. The van der Waals surface area contributed by atoms with Gasteiger partial charge < -0.3 is 18.9 Å². The Hall–Kier alpha value is -1.01. The zero-order valence-electron chi connectivity index (χ0n) is 18.0. The summed E-state index contributed by atoms with van der Waals surface area (Å²) in [6.07, 6.45) is 1.83. The average Bonchev–Trinajstić information content (AvgIpc) is 2.54. The third kappa shape index (κ3) is 13.8. The van der Waals surface area contributed by atoms with Crippen LogP contribution in [0.4, 0.5) is 0 Å². The van der Waals surface area contributed by atoms with Gasteiger partial charge >= 0.3 is 0 Å². The molecule has 156 valence electrons. The quantitative estimate of drug-likeness (QED) is 0.252. The standard InChI is InChI=1S/C18H38N2O4Si3/c1-15(2)17(21)19-11-9-13-26(5,6)23-25-24-27(7,8)14-10-12-20-18(22)16(3)4/h1,3,9-14,25H2,2,4-8H3,(H,19,21)(H,20,22). The summed E-state index contributed by atoms with van der Waals surface area (Å²) in [4.78, 5) is 22.9. The molecule has 0 unspecified atom stereocenters. The van der Waals surface area contributed by atoms with Crippen LogP contribution < -0.4 is 10.6 Å². The maximum absolute atomic E-state index is 11.5. The van der Waals surface area contributed by atoms with E-state index in [0.29, 0.717) is 24.2 Å². The number of hydrogen-bond acceptors (Lipinski definition) is 4. The van der Waals surface area contributed by atoms with Crippen LogP contribution >= 0.6 is 0 Å². The number of amides is 2. The normalized spacial score (nSPS) is 11.8. The molecule has 0 rings (SSSR count). The summed E-state index contributed by atoms with van der Waals surface area (Å²) in [5.41, 5.74) is 1.07.